The van der Waals surface area contributed by atoms with Crippen LogP contribution in [0.15, 0.2) is 47.4 Å². The molecule has 0 saturated carbocycles. The lowest BCUT2D eigenvalue weighted by atomic mass is 9.85. The molecule has 0 atom stereocenters. The Hall–Kier alpha value is -3.20. The molecule has 0 bridgehead atoms. The molecule has 6 nitrogen and oxygen atoms in total. The lowest BCUT2D eigenvalue weighted by molar-refractivity contribution is -0.141. The first kappa shape index (κ1) is 22.5. The van der Waals surface area contributed by atoms with E-state index < -0.39 is 28.8 Å². The van der Waals surface area contributed by atoms with Crippen LogP contribution >= 0.6 is 11.6 Å². The van der Waals surface area contributed by atoms with Crippen LogP contribution in [0.2, 0.25) is 5.02 Å². The van der Waals surface area contributed by atoms with Crippen molar-refractivity contribution in [1.29, 1.82) is 0 Å². The van der Waals surface area contributed by atoms with E-state index in [0.29, 0.717) is 12.0 Å². The standard InChI is InChI=1S/C21H18ClF3N4O2/c1-20(2,19(26)31)10-11-3-4-14(22)13(7-11)18-28-15(9-17(30)29-18)12-5-6-27-16(8-12)21(23,24)25/h3-9H,10H2,1-2H3,(H2,26,31)(H,28,29,30). The predicted molar refractivity (Wildman–Crippen MR) is 110 cm³/mol. The summed E-state index contributed by atoms with van der Waals surface area (Å²) in [6.07, 6.45) is -3.32. The minimum Gasteiger partial charge on any atom is -0.369 e. The summed E-state index contributed by atoms with van der Waals surface area (Å²) in [6, 6.07) is 8.20. The molecular weight excluding hydrogens is 433 g/mol. The molecule has 0 aliphatic carbocycles. The number of nitrogens with zero attached hydrogens (tertiary/aromatic N) is 2. The van der Waals surface area contributed by atoms with Crippen molar-refractivity contribution < 1.29 is 18.0 Å². The second-order valence-corrected chi connectivity index (χ2v) is 8.05. The number of amides is 1. The fourth-order valence-electron chi connectivity index (χ4n) is 2.94. The molecule has 162 valence electrons. The number of aromatic nitrogens is 3. The third-order valence-corrected chi connectivity index (χ3v) is 5.02. The average Bonchev–Trinajstić information content (AvgIpc) is 2.68. The van der Waals surface area contributed by atoms with Gasteiger partial charge in [-0.25, -0.2) is 4.98 Å². The molecule has 0 aliphatic heterocycles. The minimum absolute atomic E-state index is 0.0329. The van der Waals surface area contributed by atoms with Gasteiger partial charge in [-0.2, -0.15) is 13.2 Å². The number of hydrogen-bond donors (Lipinski definition) is 2. The van der Waals surface area contributed by atoms with Crippen LogP contribution in [0, 0.1) is 5.41 Å². The van der Waals surface area contributed by atoms with Crippen LogP contribution in [0.1, 0.15) is 25.1 Å². The summed E-state index contributed by atoms with van der Waals surface area (Å²) in [5, 5.41) is 0.270. The SMILES string of the molecule is CC(C)(Cc1ccc(Cl)c(-c2nc(-c3ccnc(C(F)(F)F)c3)cc(=O)[nH]2)c1)C(N)=O. The number of nitrogens with one attached hydrogen (secondary N) is 1. The second kappa shape index (κ2) is 8.14. The van der Waals surface area contributed by atoms with Crippen LogP contribution in [-0.4, -0.2) is 20.9 Å². The fraction of sp³-hybridized carbons (Fsp3) is 0.238. The third-order valence-electron chi connectivity index (χ3n) is 4.69. The van der Waals surface area contributed by atoms with Gasteiger partial charge >= 0.3 is 6.18 Å². The number of hydrogen-bond acceptors (Lipinski definition) is 4. The zero-order valence-corrected chi connectivity index (χ0v) is 17.3. The van der Waals surface area contributed by atoms with Crippen molar-refractivity contribution in [3.63, 3.8) is 0 Å². The normalized spacial score (nSPS) is 12.1. The van der Waals surface area contributed by atoms with E-state index in [9.17, 15) is 22.8 Å². The molecule has 1 amide bonds. The molecule has 3 aromatic rings. The van der Waals surface area contributed by atoms with Gasteiger partial charge in [-0.3, -0.25) is 14.6 Å². The monoisotopic (exact) mass is 450 g/mol. The van der Waals surface area contributed by atoms with Crippen molar-refractivity contribution in [1.82, 2.24) is 15.0 Å². The van der Waals surface area contributed by atoms with Gasteiger partial charge in [-0.05, 0) is 36.2 Å². The molecule has 1 aromatic carbocycles. The number of nitrogens with two attached hydrogens (primary N) is 1. The van der Waals surface area contributed by atoms with Crippen LogP contribution < -0.4 is 11.3 Å². The van der Waals surface area contributed by atoms with Gasteiger partial charge < -0.3 is 10.7 Å². The summed E-state index contributed by atoms with van der Waals surface area (Å²) in [5.74, 6) is -0.396. The summed E-state index contributed by atoms with van der Waals surface area (Å²) in [7, 11) is 0. The molecule has 10 heteroatoms. The maximum Gasteiger partial charge on any atom is 0.433 e. The number of rotatable bonds is 5. The van der Waals surface area contributed by atoms with Gasteiger partial charge in [0.15, 0.2) is 0 Å². The highest BCUT2D eigenvalue weighted by molar-refractivity contribution is 6.33. The summed E-state index contributed by atoms with van der Waals surface area (Å²) in [5.41, 5.74) is 4.15. The number of alkyl halides is 3. The highest BCUT2D eigenvalue weighted by atomic mass is 35.5. The van der Waals surface area contributed by atoms with Crippen molar-refractivity contribution in [3.8, 4) is 22.6 Å². The highest BCUT2D eigenvalue weighted by Crippen LogP contribution is 2.32. The van der Waals surface area contributed by atoms with Gasteiger partial charge in [-0.15, -0.1) is 0 Å². The molecule has 3 rings (SSSR count). The van der Waals surface area contributed by atoms with Crippen LogP contribution in [0.4, 0.5) is 13.2 Å². The molecule has 2 aromatic heterocycles. The van der Waals surface area contributed by atoms with Crippen LogP contribution in [0.25, 0.3) is 22.6 Å². The van der Waals surface area contributed by atoms with Crippen molar-refractivity contribution in [2.24, 2.45) is 11.1 Å². The molecule has 0 aliphatic rings. The molecule has 0 unspecified atom stereocenters. The van der Waals surface area contributed by atoms with Gasteiger partial charge in [0.2, 0.25) is 5.91 Å². The first-order valence-electron chi connectivity index (χ1n) is 9.10. The maximum atomic E-state index is 13.0. The van der Waals surface area contributed by atoms with E-state index in [4.69, 9.17) is 17.3 Å². The Morgan fingerprint density at radius 2 is 1.87 bits per heavy atom. The Labute approximate surface area is 180 Å². The van der Waals surface area contributed by atoms with Crippen LogP contribution in [0.3, 0.4) is 0 Å². The van der Waals surface area contributed by atoms with E-state index in [1.165, 1.54) is 6.07 Å². The van der Waals surface area contributed by atoms with E-state index in [1.807, 2.05) is 0 Å². The molecule has 0 fully saturated rings. The predicted octanol–water partition coefficient (Wildman–Crippen LogP) is 4.23. The first-order chi connectivity index (χ1) is 14.4. The Balaban J connectivity index is 2.08. The summed E-state index contributed by atoms with van der Waals surface area (Å²) in [4.78, 5) is 34.0. The van der Waals surface area contributed by atoms with Crippen molar-refractivity contribution >= 4 is 17.5 Å². The van der Waals surface area contributed by atoms with Gasteiger partial charge in [0.25, 0.3) is 5.56 Å². The maximum absolute atomic E-state index is 13.0. The molecule has 0 spiro atoms. The average molecular weight is 451 g/mol. The number of H-pyrrole nitrogens is 1. The topological polar surface area (TPSA) is 102 Å². The summed E-state index contributed by atoms with van der Waals surface area (Å²) >= 11 is 6.29. The van der Waals surface area contributed by atoms with Gasteiger partial charge in [0.05, 0.1) is 10.7 Å². The number of aromatic amines is 1. The number of carbonyl (C=O) groups is 1. The lowest BCUT2D eigenvalue weighted by Crippen LogP contribution is -2.33. The molecule has 2 heterocycles. The zero-order chi connectivity index (χ0) is 23.0. The Morgan fingerprint density at radius 1 is 1.16 bits per heavy atom. The van der Waals surface area contributed by atoms with Crippen LogP contribution in [-0.2, 0) is 17.4 Å². The number of carbonyl (C=O) groups excluding carboxylic acids is 1. The van der Waals surface area contributed by atoms with Crippen molar-refractivity contribution in [3.05, 3.63) is 69.2 Å². The highest BCUT2D eigenvalue weighted by Gasteiger charge is 2.32. The molecule has 31 heavy (non-hydrogen) atoms. The quantitative estimate of drug-likeness (QED) is 0.607. The number of benzene rings is 1. The second-order valence-electron chi connectivity index (χ2n) is 7.65. The largest absolute Gasteiger partial charge is 0.433 e. The summed E-state index contributed by atoms with van der Waals surface area (Å²) in [6.45, 7) is 3.40. The number of halogens is 4. The van der Waals surface area contributed by atoms with Gasteiger partial charge in [0.1, 0.15) is 11.5 Å². The number of pyridine rings is 1. The van der Waals surface area contributed by atoms with E-state index >= 15 is 0 Å². The zero-order valence-electron chi connectivity index (χ0n) is 16.5. The van der Waals surface area contributed by atoms with Gasteiger partial charge in [-0.1, -0.05) is 31.5 Å². The van der Waals surface area contributed by atoms with Crippen molar-refractivity contribution in [2.45, 2.75) is 26.4 Å². The van der Waals surface area contributed by atoms with Gasteiger partial charge in [0, 0.05) is 28.8 Å². The molecule has 3 N–H and O–H groups in total. The molecular formula is C21H18ClF3N4O2. The fourth-order valence-corrected chi connectivity index (χ4v) is 3.15. The Kier molecular flexibility index (Phi) is 5.91. The van der Waals surface area contributed by atoms with E-state index in [2.05, 4.69) is 15.0 Å². The summed E-state index contributed by atoms with van der Waals surface area (Å²) < 4.78 is 39.0. The Morgan fingerprint density at radius 3 is 2.52 bits per heavy atom. The Bertz CT molecular complexity index is 1210. The lowest BCUT2D eigenvalue weighted by Gasteiger charge is -2.20. The third kappa shape index (κ3) is 5.11. The smallest absolute Gasteiger partial charge is 0.369 e. The van der Waals surface area contributed by atoms with E-state index in [0.717, 1.165) is 23.9 Å². The van der Waals surface area contributed by atoms with Crippen LogP contribution in [0.5, 0.6) is 0 Å². The van der Waals surface area contributed by atoms with E-state index in [-0.39, 0.29) is 22.1 Å². The minimum atomic E-state index is -4.63. The first-order valence-corrected chi connectivity index (χ1v) is 9.48. The molecule has 0 saturated heterocycles. The molecule has 0 radical (unpaired) electrons. The van der Waals surface area contributed by atoms with E-state index in [1.54, 1.807) is 32.0 Å². The number of primary amides is 1. The van der Waals surface area contributed by atoms with Crippen molar-refractivity contribution in [2.75, 3.05) is 0 Å².